The van der Waals surface area contributed by atoms with Crippen LogP contribution in [-0.2, 0) is 20.5 Å². The predicted octanol–water partition coefficient (Wildman–Crippen LogP) is 2.36. The fraction of sp³-hybridized carbons (Fsp3) is 0.625. The summed E-state index contributed by atoms with van der Waals surface area (Å²) in [5, 5.41) is 0. The molecule has 0 unspecified atom stereocenters. The molecular weight excluding hydrogens is 399 g/mol. The van der Waals surface area contributed by atoms with Gasteiger partial charge in [0.1, 0.15) is 5.82 Å². The topological polar surface area (TPSA) is 58.6 Å². The number of rotatable bonds is 7. The van der Waals surface area contributed by atoms with Gasteiger partial charge in [0.25, 0.3) is 0 Å². The maximum atomic E-state index is 13.9. The number of hydrogen-bond acceptors (Lipinski definition) is 4. The first-order valence-electron chi connectivity index (χ1n) is 8.01. The van der Waals surface area contributed by atoms with Crippen LogP contribution in [0.15, 0.2) is 22.7 Å². The van der Waals surface area contributed by atoms with Crippen LogP contribution in [0.1, 0.15) is 19.4 Å². The van der Waals surface area contributed by atoms with Crippen molar-refractivity contribution < 1.29 is 17.5 Å². The molecule has 0 aliphatic carbocycles. The average molecular weight is 423 g/mol. The number of benzene rings is 1. The Bertz CT molecular complexity index is 649. The van der Waals surface area contributed by atoms with Gasteiger partial charge >= 0.3 is 0 Å². The first-order valence-corrected chi connectivity index (χ1v) is 10.5. The standard InChI is InChI=1S/C16H24BrFN2O3S/c1-12(2)16(20-5-7-23-8-6-20)10-19-24(21,22)11-13-3-4-14(17)9-15(13)18/h3-4,9,12,16,19H,5-8,10-11H2,1-2H3/t16-/m1/s1. The molecule has 1 aromatic carbocycles. The molecular formula is C16H24BrFN2O3S. The second-order valence-corrected chi connectivity index (χ2v) is 9.03. The molecule has 2 rings (SSSR count). The minimum Gasteiger partial charge on any atom is -0.379 e. The Balaban J connectivity index is 1.99. The lowest BCUT2D eigenvalue weighted by Crippen LogP contribution is -2.51. The van der Waals surface area contributed by atoms with E-state index in [9.17, 15) is 12.8 Å². The fourth-order valence-corrected chi connectivity index (χ4v) is 4.31. The molecule has 1 aliphatic rings. The van der Waals surface area contributed by atoms with Crippen molar-refractivity contribution in [1.29, 1.82) is 0 Å². The highest BCUT2D eigenvalue weighted by Gasteiger charge is 2.25. The van der Waals surface area contributed by atoms with E-state index in [1.165, 1.54) is 12.1 Å². The predicted molar refractivity (Wildman–Crippen MR) is 95.7 cm³/mol. The van der Waals surface area contributed by atoms with E-state index in [2.05, 4.69) is 39.4 Å². The van der Waals surface area contributed by atoms with Crippen molar-refractivity contribution in [2.75, 3.05) is 32.8 Å². The first-order chi connectivity index (χ1) is 11.3. The van der Waals surface area contributed by atoms with E-state index < -0.39 is 15.8 Å². The zero-order valence-corrected chi connectivity index (χ0v) is 16.4. The van der Waals surface area contributed by atoms with E-state index in [0.29, 0.717) is 30.1 Å². The monoisotopic (exact) mass is 422 g/mol. The van der Waals surface area contributed by atoms with E-state index in [-0.39, 0.29) is 17.4 Å². The Labute approximate surface area is 151 Å². The summed E-state index contributed by atoms with van der Waals surface area (Å²) in [4.78, 5) is 2.25. The molecule has 0 radical (unpaired) electrons. The number of ether oxygens (including phenoxy) is 1. The van der Waals surface area contributed by atoms with E-state index >= 15 is 0 Å². The third-order valence-corrected chi connectivity index (χ3v) is 5.95. The number of morpholine rings is 1. The molecule has 0 spiro atoms. The highest BCUT2D eigenvalue weighted by molar-refractivity contribution is 9.10. The van der Waals surface area contributed by atoms with Gasteiger partial charge in [-0.3, -0.25) is 4.90 Å². The number of nitrogens with zero attached hydrogens (tertiary/aromatic N) is 1. The number of sulfonamides is 1. The number of nitrogens with one attached hydrogen (secondary N) is 1. The quantitative estimate of drug-likeness (QED) is 0.732. The summed E-state index contributed by atoms with van der Waals surface area (Å²) in [6.45, 7) is 7.39. The molecule has 136 valence electrons. The van der Waals surface area contributed by atoms with Gasteiger partial charge in [-0.15, -0.1) is 0 Å². The summed E-state index contributed by atoms with van der Waals surface area (Å²) >= 11 is 3.16. The molecule has 5 nitrogen and oxygen atoms in total. The van der Waals surface area contributed by atoms with E-state index in [1.807, 2.05) is 0 Å². The normalized spacial score (nSPS) is 18.0. The molecule has 1 atom stereocenters. The lowest BCUT2D eigenvalue weighted by molar-refractivity contribution is 0.00776. The largest absolute Gasteiger partial charge is 0.379 e. The Kier molecular flexibility index (Phi) is 7.18. The van der Waals surface area contributed by atoms with Crippen LogP contribution in [0.3, 0.4) is 0 Å². The summed E-state index contributed by atoms with van der Waals surface area (Å²) in [7, 11) is -3.60. The maximum absolute atomic E-state index is 13.9. The van der Waals surface area contributed by atoms with Crippen LogP contribution in [-0.4, -0.2) is 52.2 Å². The van der Waals surface area contributed by atoms with Gasteiger partial charge in [0.05, 0.1) is 19.0 Å². The van der Waals surface area contributed by atoms with Crippen LogP contribution in [0.4, 0.5) is 4.39 Å². The molecule has 1 fully saturated rings. The SMILES string of the molecule is CC(C)[C@@H](CNS(=O)(=O)Cc1ccc(Br)cc1F)N1CCOCC1. The summed E-state index contributed by atoms with van der Waals surface area (Å²) in [5.74, 6) is -0.585. The summed E-state index contributed by atoms with van der Waals surface area (Å²) < 4.78 is 47.1. The fourth-order valence-electron chi connectivity index (χ4n) is 2.80. The van der Waals surface area contributed by atoms with Crippen molar-refractivity contribution in [3.8, 4) is 0 Å². The van der Waals surface area contributed by atoms with Gasteiger partial charge in [-0.05, 0) is 18.1 Å². The lowest BCUT2D eigenvalue weighted by Gasteiger charge is -2.36. The van der Waals surface area contributed by atoms with Crippen molar-refractivity contribution in [2.24, 2.45) is 5.92 Å². The summed E-state index contributed by atoms with van der Waals surface area (Å²) in [5.41, 5.74) is 0.165. The highest BCUT2D eigenvalue weighted by atomic mass is 79.9. The van der Waals surface area contributed by atoms with Gasteiger partial charge in [-0.1, -0.05) is 35.8 Å². The highest BCUT2D eigenvalue weighted by Crippen LogP contribution is 2.18. The second-order valence-electron chi connectivity index (χ2n) is 6.30. The van der Waals surface area contributed by atoms with Crippen molar-refractivity contribution >= 4 is 26.0 Å². The Morgan fingerprint density at radius 2 is 2.00 bits per heavy atom. The molecule has 1 N–H and O–H groups in total. The Morgan fingerprint density at radius 3 is 2.58 bits per heavy atom. The molecule has 1 aromatic rings. The van der Waals surface area contributed by atoms with Gasteiger partial charge in [-0.2, -0.15) is 0 Å². The van der Waals surface area contributed by atoms with Crippen molar-refractivity contribution in [3.05, 3.63) is 34.1 Å². The van der Waals surface area contributed by atoms with Gasteiger partial charge in [0.2, 0.25) is 10.0 Å². The average Bonchev–Trinajstić information content (AvgIpc) is 2.51. The summed E-state index contributed by atoms with van der Waals surface area (Å²) in [6.07, 6.45) is 0. The maximum Gasteiger partial charge on any atom is 0.215 e. The zero-order chi connectivity index (χ0) is 17.7. The first kappa shape index (κ1) is 19.8. The van der Waals surface area contributed by atoms with Gasteiger partial charge in [0, 0.05) is 35.7 Å². The van der Waals surface area contributed by atoms with Gasteiger partial charge in [-0.25, -0.2) is 17.5 Å². The lowest BCUT2D eigenvalue weighted by atomic mass is 10.0. The third kappa shape index (κ3) is 5.77. The molecule has 1 heterocycles. The minimum absolute atomic E-state index is 0.0958. The molecule has 0 saturated carbocycles. The molecule has 0 bridgehead atoms. The van der Waals surface area contributed by atoms with E-state index in [4.69, 9.17) is 4.74 Å². The van der Waals surface area contributed by atoms with Crippen LogP contribution in [0.5, 0.6) is 0 Å². The van der Waals surface area contributed by atoms with Crippen LogP contribution in [0.25, 0.3) is 0 Å². The van der Waals surface area contributed by atoms with E-state index in [0.717, 1.165) is 13.1 Å². The number of hydrogen-bond donors (Lipinski definition) is 1. The molecule has 0 aromatic heterocycles. The molecule has 0 amide bonds. The van der Waals surface area contributed by atoms with Crippen LogP contribution >= 0.6 is 15.9 Å². The minimum atomic E-state index is -3.60. The third-order valence-electron chi connectivity index (χ3n) is 4.16. The zero-order valence-electron chi connectivity index (χ0n) is 14.0. The van der Waals surface area contributed by atoms with Crippen molar-refractivity contribution in [1.82, 2.24) is 9.62 Å². The van der Waals surface area contributed by atoms with Crippen LogP contribution in [0.2, 0.25) is 0 Å². The molecule has 8 heteroatoms. The van der Waals surface area contributed by atoms with Crippen molar-refractivity contribution in [2.45, 2.75) is 25.6 Å². The van der Waals surface area contributed by atoms with Crippen molar-refractivity contribution in [3.63, 3.8) is 0 Å². The Morgan fingerprint density at radius 1 is 1.33 bits per heavy atom. The molecule has 1 aliphatic heterocycles. The number of halogens is 2. The van der Waals surface area contributed by atoms with E-state index in [1.54, 1.807) is 6.07 Å². The van der Waals surface area contributed by atoms with Gasteiger partial charge in [0.15, 0.2) is 0 Å². The molecule has 1 saturated heterocycles. The molecule has 24 heavy (non-hydrogen) atoms. The summed E-state index contributed by atoms with van der Waals surface area (Å²) in [6, 6.07) is 4.49. The van der Waals surface area contributed by atoms with Crippen LogP contribution in [0, 0.1) is 11.7 Å². The van der Waals surface area contributed by atoms with Crippen LogP contribution < -0.4 is 4.72 Å². The Hall–Kier alpha value is -0.540. The second kappa shape index (κ2) is 8.71. The smallest absolute Gasteiger partial charge is 0.215 e. The van der Waals surface area contributed by atoms with Gasteiger partial charge < -0.3 is 4.74 Å².